The average molecular weight is 200 g/mol. The lowest BCUT2D eigenvalue weighted by Gasteiger charge is -2.38. The molecule has 0 bridgehead atoms. The summed E-state index contributed by atoms with van der Waals surface area (Å²) < 4.78 is 10.6. The van der Waals surface area contributed by atoms with Gasteiger partial charge in [-0.3, -0.25) is 0 Å². The molecule has 1 N–H and O–H groups in total. The highest BCUT2D eigenvalue weighted by Crippen LogP contribution is 2.21. The molecule has 0 aliphatic carbocycles. The Hall–Kier alpha value is -0.870. The number of ether oxygens (including phenoxy) is 2. The molecule has 1 saturated heterocycles. The predicted octanol–water partition coefficient (Wildman–Crippen LogP) is 1.07. The second-order valence-electron chi connectivity index (χ2n) is 3.93. The van der Waals surface area contributed by atoms with Gasteiger partial charge in [-0.15, -0.1) is 0 Å². The smallest absolute Gasteiger partial charge is 0.327 e. The van der Waals surface area contributed by atoms with Gasteiger partial charge in [0.1, 0.15) is 5.60 Å². The van der Waals surface area contributed by atoms with E-state index >= 15 is 0 Å². The number of carboxylic acids is 1. The van der Waals surface area contributed by atoms with Crippen LogP contribution >= 0.6 is 0 Å². The van der Waals surface area contributed by atoms with Gasteiger partial charge in [-0.25, -0.2) is 4.79 Å². The predicted molar refractivity (Wildman–Crippen MR) is 51.1 cm³/mol. The standard InChI is InChI=1S/C10H16O4/c1-8(3-4-9(11)12)5-14-10(2)6-13-7-10/h3-4,8H,5-7H2,1-2H3,(H,11,12)/b4-3-. The van der Waals surface area contributed by atoms with Crippen LogP contribution in [0.2, 0.25) is 0 Å². The third-order valence-electron chi connectivity index (χ3n) is 2.08. The summed E-state index contributed by atoms with van der Waals surface area (Å²) in [5.41, 5.74) is -0.161. The van der Waals surface area contributed by atoms with Crippen molar-refractivity contribution in [2.75, 3.05) is 19.8 Å². The van der Waals surface area contributed by atoms with E-state index in [0.717, 1.165) is 6.08 Å². The molecule has 1 fully saturated rings. The Bertz CT molecular complexity index is 230. The van der Waals surface area contributed by atoms with Crippen LogP contribution in [0, 0.1) is 5.92 Å². The fourth-order valence-corrected chi connectivity index (χ4v) is 1.11. The molecule has 1 rings (SSSR count). The molecular formula is C10H16O4. The Balaban J connectivity index is 2.20. The van der Waals surface area contributed by atoms with Crippen LogP contribution in [0.4, 0.5) is 0 Å². The zero-order chi connectivity index (χ0) is 10.6. The zero-order valence-electron chi connectivity index (χ0n) is 8.53. The molecule has 14 heavy (non-hydrogen) atoms. The van der Waals surface area contributed by atoms with Crippen LogP contribution in [-0.4, -0.2) is 36.5 Å². The molecule has 1 heterocycles. The van der Waals surface area contributed by atoms with E-state index in [9.17, 15) is 4.79 Å². The van der Waals surface area contributed by atoms with E-state index < -0.39 is 5.97 Å². The maximum Gasteiger partial charge on any atom is 0.327 e. The molecule has 1 unspecified atom stereocenters. The lowest BCUT2D eigenvalue weighted by Crippen LogP contribution is -2.49. The summed E-state index contributed by atoms with van der Waals surface area (Å²) >= 11 is 0. The fourth-order valence-electron chi connectivity index (χ4n) is 1.11. The minimum Gasteiger partial charge on any atom is -0.478 e. The number of hydrogen-bond donors (Lipinski definition) is 1. The molecule has 1 atom stereocenters. The molecular weight excluding hydrogens is 184 g/mol. The Morgan fingerprint density at radius 1 is 1.71 bits per heavy atom. The van der Waals surface area contributed by atoms with E-state index in [2.05, 4.69) is 0 Å². The first-order valence-electron chi connectivity index (χ1n) is 4.65. The summed E-state index contributed by atoms with van der Waals surface area (Å²) in [4.78, 5) is 10.2. The van der Waals surface area contributed by atoms with Crippen LogP contribution < -0.4 is 0 Å². The van der Waals surface area contributed by atoms with Crippen molar-refractivity contribution in [1.82, 2.24) is 0 Å². The number of rotatable bonds is 5. The molecule has 1 aliphatic rings. The van der Waals surface area contributed by atoms with Crippen LogP contribution in [0.15, 0.2) is 12.2 Å². The molecule has 0 amide bonds. The van der Waals surface area contributed by atoms with Crippen LogP contribution in [0.3, 0.4) is 0 Å². The quantitative estimate of drug-likeness (QED) is 0.674. The number of aliphatic carboxylic acids is 1. The number of hydrogen-bond acceptors (Lipinski definition) is 3. The fraction of sp³-hybridized carbons (Fsp3) is 0.700. The third kappa shape index (κ3) is 3.47. The zero-order valence-corrected chi connectivity index (χ0v) is 8.53. The molecule has 1 aliphatic heterocycles. The third-order valence-corrected chi connectivity index (χ3v) is 2.08. The summed E-state index contributed by atoms with van der Waals surface area (Å²) in [6.45, 7) is 5.70. The first-order chi connectivity index (χ1) is 6.52. The second-order valence-corrected chi connectivity index (χ2v) is 3.93. The molecule has 4 nitrogen and oxygen atoms in total. The largest absolute Gasteiger partial charge is 0.478 e. The van der Waals surface area contributed by atoms with Crippen LogP contribution in [0.5, 0.6) is 0 Å². The highest BCUT2D eigenvalue weighted by atomic mass is 16.6. The molecule has 0 aromatic rings. The minimum atomic E-state index is -0.921. The van der Waals surface area contributed by atoms with Gasteiger partial charge in [-0.05, 0) is 12.8 Å². The van der Waals surface area contributed by atoms with E-state index in [4.69, 9.17) is 14.6 Å². The Morgan fingerprint density at radius 3 is 2.79 bits per heavy atom. The normalized spacial score (nSPS) is 21.9. The molecule has 0 spiro atoms. The Morgan fingerprint density at radius 2 is 2.36 bits per heavy atom. The van der Waals surface area contributed by atoms with Crippen molar-refractivity contribution in [2.45, 2.75) is 19.4 Å². The Labute approximate surface area is 83.5 Å². The van der Waals surface area contributed by atoms with E-state index in [1.807, 2.05) is 13.8 Å². The molecule has 0 aromatic heterocycles. The van der Waals surface area contributed by atoms with Gasteiger partial charge in [0.15, 0.2) is 0 Å². The highest BCUT2D eigenvalue weighted by Gasteiger charge is 2.34. The summed E-state index contributed by atoms with van der Waals surface area (Å²) in [6.07, 6.45) is 2.78. The summed E-state index contributed by atoms with van der Waals surface area (Å²) in [6, 6.07) is 0. The summed E-state index contributed by atoms with van der Waals surface area (Å²) in [7, 11) is 0. The molecule has 0 saturated carbocycles. The highest BCUT2D eigenvalue weighted by molar-refractivity contribution is 5.79. The van der Waals surface area contributed by atoms with Crippen LogP contribution in [0.25, 0.3) is 0 Å². The van der Waals surface area contributed by atoms with Crippen molar-refractivity contribution in [2.24, 2.45) is 5.92 Å². The minimum absolute atomic E-state index is 0.114. The summed E-state index contributed by atoms with van der Waals surface area (Å²) in [5.74, 6) is -0.807. The van der Waals surface area contributed by atoms with Crippen molar-refractivity contribution < 1.29 is 19.4 Å². The number of carboxylic acid groups (broad SMARTS) is 1. The van der Waals surface area contributed by atoms with Crippen molar-refractivity contribution in [1.29, 1.82) is 0 Å². The molecule has 0 aromatic carbocycles. The SMILES string of the molecule is CC(/C=C\C(=O)O)COC1(C)COC1. The van der Waals surface area contributed by atoms with Gasteiger partial charge in [0.2, 0.25) is 0 Å². The monoisotopic (exact) mass is 200 g/mol. The van der Waals surface area contributed by atoms with E-state index in [0.29, 0.717) is 19.8 Å². The lowest BCUT2D eigenvalue weighted by atomic mass is 10.1. The topological polar surface area (TPSA) is 55.8 Å². The number of carbonyl (C=O) groups is 1. The molecule has 4 heteroatoms. The van der Waals surface area contributed by atoms with Gasteiger partial charge < -0.3 is 14.6 Å². The van der Waals surface area contributed by atoms with Gasteiger partial charge in [-0.1, -0.05) is 13.0 Å². The first-order valence-corrected chi connectivity index (χ1v) is 4.65. The molecule has 80 valence electrons. The maximum atomic E-state index is 10.2. The summed E-state index contributed by atoms with van der Waals surface area (Å²) in [5, 5.41) is 8.40. The van der Waals surface area contributed by atoms with Gasteiger partial charge in [-0.2, -0.15) is 0 Å². The van der Waals surface area contributed by atoms with Gasteiger partial charge in [0.25, 0.3) is 0 Å². The second kappa shape index (κ2) is 4.57. The van der Waals surface area contributed by atoms with Crippen molar-refractivity contribution in [3.63, 3.8) is 0 Å². The van der Waals surface area contributed by atoms with Gasteiger partial charge in [0, 0.05) is 6.08 Å². The van der Waals surface area contributed by atoms with Gasteiger partial charge >= 0.3 is 5.97 Å². The lowest BCUT2D eigenvalue weighted by molar-refractivity contribution is -0.201. The van der Waals surface area contributed by atoms with E-state index in [1.54, 1.807) is 6.08 Å². The maximum absolute atomic E-state index is 10.2. The van der Waals surface area contributed by atoms with Crippen molar-refractivity contribution in [3.8, 4) is 0 Å². The van der Waals surface area contributed by atoms with Crippen molar-refractivity contribution >= 4 is 5.97 Å². The Kier molecular flexibility index (Phi) is 3.66. The molecule has 0 radical (unpaired) electrons. The van der Waals surface area contributed by atoms with Crippen LogP contribution in [0.1, 0.15) is 13.8 Å². The van der Waals surface area contributed by atoms with E-state index in [-0.39, 0.29) is 11.5 Å². The van der Waals surface area contributed by atoms with Crippen LogP contribution in [-0.2, 0) is 14.3 Å². The average Bonchev–Trinajstić information content (AvgIpc) is 2.08. The van der Waals surface area contributed by atoms with E-state index in [1.165, 1.54) is 0 Å². The van der Waals surface area contributed by atoms with Gasteiger partial charge in [0.05, 0.1) is 19.8 Å². The first kappa shape index (κ1) is 11.2. The van der Waals surface area contributed by atoms with Crippen molar-refractivity contribution in [3.05, 3.63) is 12.2 Å².